The van der Waals surface area contributed by atoms with E-state index in [4.69, 9.17) is 0 Å². The third-order valence-corrected chi connectivity index (χ3v) is 3.65. The van der Waals surface area contributed by atoms with Crippen molar-refractivity contribution in [1.29, 1.82) is 0 Å². The van der Waals surface area contributed by atoms with Crippen molar-refractivity contribution in [3.63, 3.8) is 0 Å². The molecular weight excluding hydrogens is 198 g/mol. The number of nitrogens with zero attached hydrogens (tertiary/aromatic N) is 2. The molecule has 88 valence electrons. The Kier molecular flexibility index (Phi) is 3.78. The molecule has 0 radical (unpaired) electrons. The fraction of sp³-hybridized carbons (Fsp3) is 0.615. The maximum atomic E-state index is 4.07. The molecular formula is C13H21N3. The number of piperidine rings is 1. The molecule has 1 aliphatic rings. The van der Waals surface area contributed by atoms with E-state index in [2.05, 4.69) is 41.3 Å². The van der Waals surface area contributed by atoms with Crippen LogP contribution in [-0.4, -0.2) is 31.2 Å². The van der Waals surface area contributed by atoms with Crippen LogP contribution < -0.4 is 10.2 Å². The number of hydrogen-bond donors (Lipinski definition) is 1. The zero-order valence-corrected chi connectivity index (χ0v) is 10.2. The summed E-state index contributed by atoms with van der Waals surface area (Å²) in [4.78, 5) is 6.55. The molecule has 2 heterocycles. The number of hydrogen-bond acceptors (Lipinski definition) is 3. The molecule has 0 aromatic carbocycles. The Morgan fingerprint density at radius 1 is 1.44 bits per heavy atom. The van der Waals surface area contributed by atoms with E-state index in [1.54, 1.807) is 0 Å². The number of rotatable bonds is 3. The van der Waals surface area contributed by atoms with Crippen molar-refractivity contribution in [2.75, 3.05) is 25.0 Å². The topological polar surface area (TPSA) is 28.2 Å². The molecule has 1 aromatic heterocycles. The van der Waals surface area contributed by atoms with Crippen molar-refractivity contribution in [3.8, 4) is 0 Å². The molecule has 0 spiro atoms. The SMILES string of the molecule is CNC(C)C1CCCN(c2ccncc2)C1. The van der Waals surface area contributed by atoms with Gasteiger partial charge < -0.3 is 10.2 Å². The molecule has 16 heavy (non-hydrogen) atoms. The number of pyridine rings is 1. The monoisotopic (exact) mass is 219 g/mol. The van der Waals surface area contributed by atoms with Crippen molar-refractivity contribution in [1.82, 2.24) is 10.3 Å². The predicted octanol–water partition coefficient (Wildman–Crippen LogP) is 1.91. The normalized spacial score (nSPS) is 23.1. The Hall–Kier alpha value is -1.09. The first kappa shape index (κ1) is 11.4. The fourth-order valence-corrected chi connectivity index (χ4v) is 2.44. The lowest BCUT2D eigenvalue weighted by molar-refractivity contribution is 0.333. The predicted molar refractivity (Wildman–Crippen MR) is 67.7 cm³/mol. The van der Waals surface area contributed by atoms with Crippen LogP contribution in [0, 0.1) is 5.92 Å². The number of anilines is 1. The summed E-state index contributed by atoms with van der Waals surface area (Å²) in [5.41, 5.74) is 1.31. The van der Waals surface area contributed by atoms with Crippen LogP contribution in [0.3, 0.4) is 0 Å². The molecule has 2 atom stereocenters. The second kappa shape index (κ2) is 5.30. The van der Waals surface area contributed by atoms with Crippen LogP contribution in [0.1, 0.15) is 19.8 Å². The highest BCUT2D eigenvalue weighted by Crippen LogP contribution is 2.24. The van der Waals surface area contributed by atoms with E-state index < -0.39 is 0 Å². The van der Waals surface area contributed by atoms with Crippen molar-refractivity contribution in [2.24, 2.45) is 5.92 Å². The molecule has 0 aliphatic carbocycles. The van der Waals surface area contributed by atoms with Gasteiger partial charge in [-0.15, -0.1) is 0 Å². The highest BCUT2D eigenvalue weighted by Gasteiger charge is 2.23. The van der Waals surface area contributed by atoms with Gasteiger partial charge in [0, 0.05) is 37.2 Å². The minimum absolute atomic E-state index is 0.602. The molecule has 1 N–H and O–H groups in total. The van der Waals surface area contributed by atoms with Crippen molar-refractivity contribution >= 4 is 5.69 Å². The van der Waals surface area contributed by atoms with Crippen LogP contribution in [0.5, 0.6) is 0 Å². The minimum atomic E-state index is 0.602. The van der Waals surface area contributed by atoms with Gasteiger partial charge in [0.2, 0.25) is 0 Å². The molecule has 2 rings (SSSR count). The molecule has 1 saturated heterocycles. The van der Waals surface area contributed by atoms with Gasteiger partial charge in [-0.05, 0) is 44.9 Å². The summed E-state index contributed by atoms with van der Waals surface area (Å²) >= 11 is 0. The third-order valence-electron chi connectivity index (χ3n) is 3.65. The molecule has 1 fully saturated rings. The van der Waals surface area contributed by atoms with E-state index in [1.165, 1.54) is 25.1 Å². The van der Waals surface area contributed by atoms with E-state index >= 15 is 0 Å². The Morgan fingerprint density at radius 2 is 2.19 bits per heavy atom. The van der Waals surface area contributed by atoms with Crippen LogP contribution in [-0.2, 0) is 0 Å². The van der Waals surface area contributed by atoms with Crippen LogP contribution in [0.2, 0.25) is 0 Å². The standard InChI is InChI=1S/C13H21N3/c1-11(14-2)12-4-3-9-16(10-12)13-5-7-15-8-6-13/h5-8,11-12,14H,3-4,9-10H2,1-2H3. The average molecular weight is 219 g/mol. The number of aromatic nitrogens is 1. The van der Waals surface area contributed by atoms with Crippen LogP contribution in [0.25, 0.3) is 0 Å². The highest BCUT2D eigenvalue weighted by atomic mass is 15.1. The lowest BCUT2D eigenvalue weighted by atomic mass is 9.91. The van der Waals surface area contributed by atoms with Gasteiger partial charge in [0.25, 0.3) is 0 Å². The van der Waals surface area contributed by atoms with E-state index in [0.29, 0.717) is 6.04 Å². The first-order chi connectivity index (χ1) is 7.81. The van der Waals surface area contributed by atoms with Gasteiger partial charge in [0.05, 0.1) is 0 Å². The van der Waals surface area contributed by atoms with Gasteiger partial charge in [-0.1, -0.05) is 0 Å². The molecule has 1 aromatic rings. The summed E-state index contributed by atoms with van der Waals surface area (Å²) < 4.78 is 0. The van der Waals surface area contributed by atoms with Crippen LogP contribution in [0.4, 0.5) is 5.69 Å². The largest absolute Gasteiger partial charge is 0.371 e. The molecule has 0 saturated carbocycles. The minimum Gasteiger partial charge on any atom is -0.371 e. The van der Waals surface area contributed by atoms with Gasteiger partial charge >= 0.3 is 0 Å². The number of nitrogens with one attached hydrogen (secondary N) is 1. The summed E-state index contributed by atoms with van der Waals surface area (Å²) in [5, 5.41) is 3.37. The van der Waals surface area contributed by atoms with E-state index in [0.717, 1.165) is 12.5 Å². The lowest BCUT2D eigenvalue weighted by Gasteiger charge is -2.37. The van der Waals surface area contributed by atoms with E-state index in [9.17, 15) is 0 Å². The van der Waals surface area contributed by atoms with Gasteiger partial charge in [-0.3, -0.25) is 4.98 Å². The maximum Gasteiger partial charge on any atom is 0.0397 e. The van der Waals surface area contributed by atoms with Crippen LogP contribution in [0.15, 0.2) is 24.5 Å². The molecule has 0 bridgehead atoms. The van der Waals surface area contributed by atoms with E-state index in [1.807, 2.05) is 12.4 Å². The first-order valence-corrected chi connectivity index (χ1v) is 6.13. The van der Waals surface area contributed by atoms with E-state index in [-0.39, 0.29) is 0 Å². The smallest absolute Gasteiger partial charge is 0.0397 e. The summed E-state index contributed by atoms with van der Waals surface area (Å²) in [7, 11) is 2.05. The quantitative estimate of drug-likeness (QED) is 0.841. The van der Waals surface area contributed by atoms with Gasteiger partial charge in [-0.25, -0.2) is 0 Å². The fourth-order valence-electron chi connectivity index (χ4n) is 2.44. The Balaban J connectivity index is 2.02. The molecule has 2 unspecified atom stereocenters. The van der Waals surface area contributed by atoms with Gasteiger partial charge in [0.1, 0.15) is 0 Å². The molecule has 1 aliphatic heterocycles. The lowest BCUT2D eigenvalue weighted by Crippen LogP contribution is -2.43. The first-order valence-electron chi connectivity index (χ1n) is 6.13. The van der Waals surface area contributed by atoms with Crippen molar-refractivity contribution in [3.05, 3.63) is 24.5 Å². The zero-order valence-electron chi connectivity index (χ0n) is 10.2. The average Bonchev–Trinajstić information content (AvgIpc) is 2.39. The van der Waals surface area contributed by atoms with Crippen LogP contribution >= 0.6 is 0 Å². The Bertz CT molecular complexity index is 312. The second-order valence-electron chi connectivity index (χ2n) is 4.63. The summed E-state index contributed by atoms with van der Waals surface area (Å²) in [6.07, 6.45) is 6.38. The van der Waals surface area contributed by atoms with Gasteiger partial charge in [0.15, 0.2) is 0 Å². The summed E-state index contributed by atoms with van der Waals surface area (Å²) in [5.74, 6) is 0.756. The molecule has 0 amide bonds. The second-order valence-corrected chi connectivity index (χ2v) is 4.63. The summed E-state index contributed by atoms with van der Waals surface area (Å²) in [6, 6.07) is 4.81. The van der Waals surface area contributed by atoms with Crippen molar-refractivity contribution in [2.45, 2.75) is 25.8 Å². The van der Waals surface area contributed by atoms with Gasteiger partial charge in [-0.2, -0.15) is 0 Å². The molecule has 3 heteroatoms. The molecule has 3 nitrogen and oxygen atoms in total. The Labute approximate surface area is 97.9 Å². The highest BCUT2D eigenvalue weighted by molar-refractivity contribution is 5.44. The maximum absolute atomic E-state index is 4.07. The van der Waals surface area contributed by atoms with Crippen molar-refractivity contribution < 1.29 is 0 Å². The zero-order chi connectivity index (χ0) is 11.4. The summed E-state index contributed by atoms with van der Waals surface area (Å²) in [6.45, 7) is 4.61. The third kappa shape index (κ3) is 2.53. The Morgan fingerprint density at radius 3 is 2.88 bits per heavy atom.